The van der Waals surface area contributed by atoms with Crippen LogP contribution in [0.5, 0.6) is 0 Å². The summed E-state index contributed by atoms with van der Waals surface area (Å²) in [7, 11) is 0. The molecule has 0 atom stereocenters. The van der Waals surface area contributed by atoms with Gasteiger partial charge in [0.1, 0.15) is 0 Å². The highest BCUT2D eigenvalue weighted by atomic mass is 15.2. The lowest BCUT2D eigenvalue weighted by Gasteiger charge is -2.15. The number of aryl methyl sites for hydroxylation is 1. The predicted octanol–water partition coefficient (Wildman–Crippen LogP) is 2.34. The Bertz CT molecular complexity index is 463. The van der Waals surface area contributed by atoms with E-state index in [2.05, 4.69) is 30.9 Å². The smallest absolute Gasteiger partial charge is 0.158 e. The molecule has 0 bridgehead atoms. The molecule has 0 aliphatic heterocycles. The van der Waals surface area contributed by atoms with Gasteiger partial charge >= 0.3 is 0 Å². The molecule has 0 radical (unpaired) electrons. The van der Waals surface area contributed by atoms with Crippen LogP contribution >= 0.6 is 0 Å². The van der Waals surface area contributed by atoms with Crippen molar-refractivity contribution >= 4 is 5.65 Å². The Kier molecular flexibility index (Phi) is 1.84. The van der Waals surface area contributed by atoms with Gasteiger partial charge in [-0.2, -0.15) is 5.10 Å². The van der Waals surface area contributed by atoms with Crippen LogP contribution in [-0.4, -0.2) is 14.6 Å². The van der Waals surface area contributed by atoms with Crippen molar-refractivity contribution in [3.8, 4) is 0 Å². The third kappa shape index (κ3) is 1.39. The second-order valence-corrected chi connectivity index (χ2v) is 4.71. The summed E-state index contributed by atoms with van der Waals surface area (Å²) >= 11 is 0. The predicted molar refractivity (Wildman–Crippen MR) is 56.4 cm³/mol. The van der Waals surface area contributed by atoms with Crippen LogP contribution in [0.4, 0.5) is 0 Å². The fourth-order valence-corrected chi connectivity index (χ4v) is 1.50. The van der Waals surface area contributed by atoms with Crippen molar-refractivity contribution in [1.29, 1.82) is 0 Å². The average molecular weight is 189 g/mol. The number of nitrogens with zero attached hydrogens (tertiary/aromatic N) is 3. The largest absolute Gasteiger partial charge is 0.236 e. The van der Waals surface area contributed by atoms with E-state index in [9.17, 15) is 0 Å². The van der Waals surface area contributed by atoms with E-state index in [-0.39, 0.29) is 5.41 Å². The average Bonchev–Trinajstić information content (AvgIpc) is 2.45. The van der Waals surface area contributed by atoms with E-state index in [4.69, 9.17) is 0 Å². The highest BCUT2D eigenvalue weighted by Gasteiger charge is 2.19. The zero-order chi connectivity index (χ0) is 10.3. The molecule has 74 valence electrons. The Morgan fingerprint density at radius 3 is 2.57 bits per heavy atom. The molecule has 2 rings (SSSR count). The maximum Gasteiger partial charge on any atom is 0.158 e. The molecule has 0 N–H and O–H groups in total. The van der Waals surface area contributed by atoms with Gasteiger partial charge in [-0.25, -0.2) is 9.50 Å². The van der Waals surface area contributed by atoms with Gasteiger partial charge in [0.05, 0.1) is 6.20 Å². The van der Waals surface area contributed by atoms with Crippen LogP contribution in [-0.2, 0) is 5.41 Å². The minimum Gasteiger partial charge on any atom is -0.236 e. The van der Waals surface area contributed by atoms with Crippen LogP contribution in [0.2, 0.25) is 0 Å². The molecule has 14 heavy (non-hydrogen) atoms. The van der Waals surface area contributed by atoms with E-state index >= 15 is 0 Å². The van der Waals surface area contributed by atoms with E-state index in [1.54, 1.807) is 0 Å². The molecule has 0 spiro atoms. The van der Waals surface area contributed by atoms with Crippen molar-refractivity contribution < 1.29 is 0 Å². The lowest BCUT2D eigenvalue weighted by atomic mass is 9.89. The van der Waals surface area contributed by atoms with Crippen LogP contribution in [0.15, 0.2) is 18.6 Å². The molecule has 0 saturated carbocycles. The van der Waals surface area contributed by atoms with E-state index < -0.39 is 0 Å². The van der Waals surface area contributed by atoms with Gasteiger partial charge in [-0.3, -0.25) is 0 Å². The molecule has 2 aromatic heterocycles. The summed E-state index contributed by atoms with van der Waals surface area (Å²) in [6, 6.07) is 0. The van der Waals surface area contributed by atoms with Gasteiger partial charge in [-0.15, -0.1) is 0 Å². The Morgan fingerprint density at radius 2 is 1.93 bits per heavy atom. The van der Waals surface area contributed by atoms with Crippen LogP contribution < -0.4 is 0 Å². The van der Waals surface area contributed by atoms with Gasteiger partial charge in [-0.1, -0.05) is 20.8 Å². The number of hydrogen-bond acceptors (Lipinski definition) is 2. The summed E-state index contributed by atoms with van der Waals surface area (Å²) in [5.41, 5.74) is 3.38. The molecular weight excluding hydrogens is 174 g/mol. The number of hydrogen-bond donors (Lipinski definition) is 0. The van der Waals surface area contributed by atoms with Crippen LogP contribution in [0.1, 0.15) is 31.9 Å². The molecule has 0 amide bonds. The monoisotopic (exact) mass is 189 g/mol. The van der Waals surface area contributed by atoms with Crippen LogP contribution in [0.3, 0.4) is 0 Å². The molecule has 2 heterocycles. The first-order valence-electron chi connectivity index (χ1n) is 4.79. The second-order valence-electron chi connectivity index (χ2n) is 4.71. The summed E-state index contributed by atoms with van der Waals surface area (Å²) in [5.74, 6) is 0. The van der Waals surface area contributed by atoms with Gasteiger partial charge in [0, 0.05) is 18.0 Å². The van der Waals surface area contributed by atoms with Gasteiger partial charge < -0.3 is 0 Å². The fraction of sp³-hybridized carbons (Fsp3) is 0.455. The normalized spacial score (nSPS) is 12.3. The summed E-state index contributed by atoms with van der Waals surface area (Å²) in [6.07, 6.45) is 5.78. The van der Waals surface area contributed by atoms with Crippen LogP contribution in [0.25, 0.3) is 5.65 Å². The standard InChI is InChI=1S/C11H15N3/c1-8-5-12-10-9(11(2,3)4)6-13-14(10)7-8/h5-7H,1-4H3. The molecule has 2 aromatic rings. The van der Waals surface area contributed by atoms with Crippen molar-refractivity contribution in [1.82, 2.24) is 14.6 Å². The molecule has 0 aliphatic rings. The van der Waals surface area contributed by atoms with E-state index in [0.717, 1.165) is 11.2 Å². The third-order valence-electron chi connectivity index (χ3n) is 2.29. The summed E-state index contributed by atoms with van der Waals surface area (Å²) in [5, 5.41) is 4.30. The summed E-state index contributed by atoms with van der Waals surface area (Å²) < 4.78 is 1.84. The molecule has 0 fully saturated rings. The molecule has 0 saturated heterocycles. The number of rotatable bonds is 0. The van der Waals surface area contributed by atoms with E-state index in [0.29, 0.717) is 0 Å². The first-order valence-corrected chi connectivity index (χ1v) is 4.79. The highest BCUT2D eigenvalue weighted by Crippen LogP contribution is 2.24. The van der Waals surface area contributed by atoms with Crippen molar-refractivity contribution in [2.75, 3.05) is 0 Å². The van der Waals surface area contributed by atoms with E-state index in [1.165, 1.54) is 5.56 Å². The molecule has 3 heteroatoms. The number of aromatic nitrogens is 3. The van der Waals surface area contributed by atoms with Crippen molar-refractivity contribution in [2.45, 2.75) is 33.1 Å². The maximum absolute atomic E-state index is 4.41. The van der Waals surface area contributed by atoms with Crippen molar-refractivity contribution in [3.63, 3.8) is 0 Å². The second kappa shape index (κ2) is 2.80. The SMILES string of the molecule is Cc1cnc2c(C(C)(C)C)cnn2c1. The quantitative estimate of drug-likeness (QED) is 0.636. The van der Waals surface area contributed by atoms with Gasteiger partial charge in [0.25, 0.3) is 0 Å². The third-order valence-corrected chi connectivity index (χ3v) is 2.29. The topological polar surface area (TPSA) is 30.2 Å². The molecule has 0 aromatic carbocycles. The molecule has 3 nitrogen and oxygen atoms in total. The van der Waals surface area contributed by atoms with Crippen molar-refractivity contribution in [3.05, 3.63) is 29.7 Å². The van der Waals surface area contributed by atoms with Crippen LogP contribution in [0, 0.1) is 6.92 Å². The Labute approximate surface area is 83.8 Å². The van der Waals surface area contributed by atoms with Crippen molar-refractivity contribution in [2.24, 2.45) is 0 Å². The molecule has 0 unspecified atom stereocenters. The summed E-state index contributed by atoms with van der Waals surface area (Å²) in [6.45, 7) is 8.54. The Hall–Kier alpha value is -1.38. The lowest BCUT2D eigenvalue weighted by molar-refractivity contribution is 0.594. The molecule has 0 aliphatic carbocycles. The maximum atomic E-state index is 4.41. The fourth-order valence-electron chi connectivity index (χ4n) is 1.50. The first kappa shape index (κ1) is 9.19. The van der Waals surface area contributed by atoms with Gasteiger partial charge in [0.15, 0.2) is 5.65 Å². The number of fused-ring (bicyclic) bond motifs is 1. The molecular formula is C11H15N3. The Balaban J connectivity index is 2.70. The first-order chi connectivity index (χ1) is 6.48. The summed E-state index contributed by atoms with van der Waals surface area (Å²) in [4.78, 5) is 4.41. The zero-order valence-electron chi connectivity index (χ0n) is 9.07. The minimum absolute atomic E-state index is 0.101. The Morgan fingerprint density at radius 1 is 1.21 bits per heavy atom. The zero-order valence-corrected chi connectivity index (χ0v) is 9.07. The highest BCUT2D eigenvalue weighted by molar-refractivity contribution is 5.49. The van der Waals surface area contributed by atoms with Gasteiger partial charge in [0.2, 0.25) is 0 Å². The van der Waals surface area contributed by atoms with Gasteiger partial charge in [-0.05, 0) is 17.9 Å². The lowest BCUT2D eigenvalue weighted by Crippen LogP contribution is -2.11. The van der Waals surface area contributed by atoms with E-state index in [1.807, 2.05) is 30.0 Å². The minimum atomic E-state index is 0.101.